The molecule has 0 spiro atoms. The Morgan fingerprint density at radius 3 is 2.35 bits per heavy atom. The van der Waals surface area contributed by atoms with Crippen LogP contribution in [-0.4, -0.2) is 21.3 Å². The molecule has 0 bridgehead atoms. The highest BCUT2D eigenvalue weighted by Crippen LogP contribution is 2.33. The van der Waals surface area contributed by atoms with Crippen LogP contribution in [0, 0.1) is 5.82 Å². The molecule has 0 amide bonds. The first kappa shape index (κ1) is 21.9. The lowest BCUT2D eigenvalue weighted by Gasteiger charge is -2.08. The largest absolute Gasteiger partial charge is 0.425 e. The Kier molecular flexibility index (Phi) is 5.87. The smallest absolute Gasteiger partial charge is 0.331 e. The number of fused-ring (bicyclic) bond motifs is 1. The van der Waals surface area contributed by atoms with E-state index >= 15 is 0 Å². The van der Waals surface area contributed by atoms with Crippen LogP contribution >= 0.6 is 22.7 Å². The van der Waals surface area contributed by atoms with E-state index < -0.39 is 11.8 Å². The summed E-state index contributed by atoms with van der Waals surface area (Å²) in [6.45, 7) is -0.308. The van der Waals surface area contributed by atoms with Gasteiger partial charge in [0.15, 0.2) is 5.78 Å². The summed E-state index contributed by atoms with van der Waals surface area (Å²) < 4.78 is 19.6. The fourth-order valence-electron chi connectivity index (χ4n) is 3.44. The van der Waals surface area contributed by atoms with Crippen molar-refractivity contribution in [3.63, 3.8) is 0 Å². The monoisotopic (exact) mass is 490 g/mol. The summed E-state index contributed by atoms with van der Waals surface area (Å²) in [6.07, 6.45) is 1.34. The quantitative estimate of drug-likeness (QED) is 0.187. The van der Waals surface area contributed by atoms with Crippen molar-refractivity contribution in [1.82, 2.24) is 9.55 Å². The molecule has 0 aliphatic carbocycles. The number of thiophene rings is 2. The van der Waals surface area contributed by atoms with E-state index in [0.717, 1.165) is 10.4 Å². The van der Waals surface area contributed by atoms with Gasteiger partial charge in [0.2, 0.25) is 0 Å². The molecule has 9 heteroatoms. The third kappa shape index (κ3) is 4.30. The van der Waals surface area contributed by atoms with Crippen molar-refractivity contribution in [2.45, 2.75) is 6.54 Å². The topological polar surface area (TPSA) is 78.3 Å². The lowest BCUT2D eigenvalue weighted by atomic mass is 10.0. The van der Waals surface area contributed by atoms with E-state index in [1.807, 2.05) is 22.9 Å². The van der Waals surface area contributed by atoms with Gasteiger partial charge in [0.05, 0.1) is 11.7 Å². The van der Waals surface area contributed by atoms with Crippen LogP contribution < -0.4 is 10.3 Å². The Bertz CT molecular complexity index is 1550. The number of carbonyl (C=O) groups is 2. The Labute approximate surface area is 200 Å². The minimum absolute atomic E-state index is 0.234. The number of ether oxygens (including phenoxy) is 1. The lowest BCUT2D eigenvalue weighted by Crippen LogP contribution is -2.26. The second kappa shape index (κ2) is 9.12. The van der Waals surface area contributed by atoms with Crippen LogP contribution in [0.4, 0.5) is 4.39 Å². The summed E-state index contributed by atoms with van der Waals surface area (Å²) in [4.78, 5) is 43.9. The van der Waals surface area contributed by atoms with E-state index in [9.17, 15) is 18.8 Å². The van der Waals surface area contributed by atoms with Crippen molar-refractivity contribution >= 4 is 44.6 Å². The molecule has 168 valence electrons. The number of halogens is 1. The highest BCUT2D eigenvalue weighted by molar-refractivity contribution is 7.18. The van der Waals surface area contributed by atoms with Gasteiger partial charge in [-0.15, -0.1) is 22.7 Å². The van der Waals surface area contributed by atoms with Gasteiger partial charge in [-0.05, 0) is 60.0 Å². The van der Waals surface area contributed by atoms with E-state index in [1.165, 1.54) is 82.1 Å². The molecule has 0 unspecified atom stereocenters. The zero-order valence-corrected chi connectivity index (χ0v) is 19.1. The van der Waals surface area contributed by atoms with Crippen molar-refractivity contribution in [3.8, 4) is 16.2 Å². The van der Waals surface area contributed by atoms with Gasteiger partial charge in [0.1, 0.15) is 22.9 Å². The maximum atomic E-state index is 13.1. The number of benzene rings is 2. The fourth-order valence-corrected chi connectivity index (χ4v) is 5.16. The minimum atomic E-state index is -0.645. The summed E-state index contributed by atoms with van der Waals surface area (Å²) in [6, 6.07) is 15.1. The SMILES string of the molecule is O=C(Cn1cnc2scc(-c3cccs3)c2c1=O)Oc1ccc(C(=O)c2ccc(F)cc2)cc1. The number of aromatic nitrogens is 2. The summed E-state index contributed by atoms with van der Waals surface area (Å²) in [5.41, 5.74) is 1.21. The van der Waals surface area contributed by atoms with Gasteiger partial charge in [-0.3, -0.25) is 14.2 Å². The van der Waals surface area contributed by atoms with E-state index in [0.29, 0.717) is 21.3 Å². The molecule has 0 N–H and O–H groups in total. The molecule has 5 aromatic rings. The predicted octanol–water partition coefficient (Wildman–Crippen LogP) is 5.16. The number of esters is 1. The second-order valence-corrected chi connectivity index (χ2v) is 9.12. The molecule has 0 saturated carbocycles. The molecule has 0 aliphatic heterocycles. The fraction of sp³-hybridized carbons (Fsp3) is 0.0400. The number of hydrogen-bond donors (Lipinski definition) is 0. The van der Waals surface area contributed by atoms with E-state index in [-0.39, 0.29) is 23.6 Å². The molecule has 34 heavy (non-hydrogen) atoms. The highest BCUT2D eigenvalue weighted by atomic mass is 32.1. The van der Waals surface area contributed by atoms with E-state index in [1.54, 1.807) is 0 Å². The van der Waals surface area contributed by atoms with Gasteiger partial charge in [-0.1, -0.05) is 6.07 Å². The highest BCUT2D eigenvalue weighted by Gasteiger charge is 2.16. The molecule has 0 fully saturated rings. The van der Waals surface area contributed by atoms with Crippen molar-refractivity contribution in [2.75, 3.05) is 0 Å². The van der Waals surface area contributed by atoms with Crippen molar-refractivity contribution in [2.24, 2.45) is 0 Å². The standard InChI is InChI=1S/C25H15FN2O4S2/c26-17-7-3-15(4-8-17)23(30)16-5-9-18(10-6-16)32-21(29)12-28-14-27-24-22(25(28)31)19(13-34-24)20-2-1-11-33-20/h1-11,13-14H,12H2. The maximum Gasteiger partial charge on any atom is 0.331 e. The number of ketones is 1. The maximum absolute atomic E-state index is 13.1. The van der Waals surface area contributed by atoms with Crippen molar-refractivity contribution in [1.29, 1.82) is 0 Å². The first-order valence-corrected chi connectivity index (χ1v) is 11.9. The molecule has 3 aromatic heterocycles. The summed E-state index contributed by atoms with van der Waals surface area (Å²) in [5, 5.41) is 4.30. The summed E-state index contributed by atoms with van der Waals surface area (Å²) >= 11 is 2.91. The average Bonchev–Trinajstić information content (AvgIpc) is 3.52. The number of hydrogen-bond acceptors (Lipinski definition) is 7. The Hall–Kier alpha value is -3.95. The molecule has 0 radical (unpaired) electrons. The summed E-state index contributed by atoms with van der Waals surface area (Å²) in [5.74, 6) is -1.11. The van der Waals surface area contributed by atoms with Crippen molar-refractivity contribution < 1.29 is 18.7 Å². The molecule has 0 aliphatic rings. The number of nitrogens with zero attached hydrogens (tertiary/aromatic N) is 2. The van der Waals surface area contributed by atoms with Gasteiger partial charge in [0, 0.05) is 26.9 Å². The van der Waals surface area contributed by atoms with Gasteiger partial charge in [-0.25, -0.2) is 14.2 Å². The van der Waals surface area contributed by atoms with Crippen LogP contribution in [0.15, 0.2) is 82.5 Å². The number of carbonyl (C=O) groups excluding carboxylic acids is 2. The van der Waals surface area contributed by atoms with Crippen molar-refractivity contribution in [3.05, 3.63) is 105 Å². The molecular formula is C25H15FN2O4S2. The Morgan fingerprint density at radius 2 is 1.68 bits per heavy atom. The second-order valence-electron chi connectivity index (χ2n) is 7.32. The van der Waals surface area contributed by atoms with E-state index in [4.69, 9.17) is 4.74 Å². The molecule has 6 nitrogen and oxygen atoms in total. The van der Waals surface area contributed by atoms with Crippen LogP contribution in [0.25, 0.3) is 20.7 Å². The van der Waals surface area contributed by atoms with Gasteiger partial charge >= 0.3 is 5.97 Å². The molecule has 0 saturated heterocycles. The Morgan fingerprint density at radius 1 is 0.971 bits per heavy atom. The molecular weight excluding hydrogens is 475 g/mol. The van der Waals surface area contributed by atoms with Gasteiger partial charge in [0.25, 0.3) is 5.56 Å². The van der Waals surface area contributed by atoms with Gasteiger partial charge in [-0.2, -0.15) is 0 Å². The normalized spacial score (nSPS) is 11.0. The lowest BCUT2D eigenvalue weighted by molar-refractivity contribution is -0.135. The van der Waals surface area contributed by atoms with Gasteiger partial charge < -0.3 is 4.74 Å². The third-order valence-corrected chi connectivity index (χ3v) is 6.89. The molecule has 5 rings (SSSR count). The first-order valence-electron chi connectivity index (χ1n) is 10.1. The van der Waals surface area contributed by atoms with Crippen LogP contribution in [-0.2, 0) is 11.3 Å². The first-order chi connectivity index (χ1) is 16.5. The zero-order valence-electron chi connectivity index (χ0n) is 17.4. The molecule has 3 heterocycles. The van der Waals surface area contributed by atoms with Crippen LogP contribution in [0.1, 0.15) is 15.9 Å². The molecule has 0 atom stereocenters. The Balaban J connectivity index is 1.31. The zero-order chi connectivity index (χ0) is 23.7. The molecule has 2 aromatic carbocycles. The number of rotatable bonds is 6. The van der Waals surface area contributed by atoms with Crippen LogP contribution in [0.2, 0.25) is 0 Å². The van der Waals surface area contributed by atoms with E-state index in [2.05, 4.69) is 4.98 Å². The predicted molar refractivity (Wildman–Crippen MR) is 129 cm³/mol. The third-order valence-electron chi connectivity index (χ3n) is 5.10. The van der Waals surface area contributed by atoms with Crippen LogP contribution in [0.3, 0.4) is 0 Å². The average molecular weight is 491 g/mol. The van der Waals surface area contributed by atoms with Crippen LogP contribution in [0.5, 0.6) is 5.75 Å². The minimum Gasteiger partial charge on any atom is -0.425 e. The summed E-state index contributed by atoms with van der Waals surface area (Å²) in [7, 11) is 0.